The van der Waals surface area contributed by atoms with Crippen molar-refractivity contribution < 1.29 is 9.53 Å². The largest absolute Gasteiger partial charge is 0.467 e. The second-order valence-electron chi connectivity index (χ2n) is 6.29. The lowest BCUT2D eigenvalue weighted by Crippen LogP contribution is -2.65. The summed E-state index contributed by atoms with van der Waals surface area (Å²) in [4.78, 5) is 14.5. The van der Waals surface area contributed by atoms with Gasteiger partial charge in [0.15, 0.2) is 5.72 Å². The van der Waals surface area contributed by atoms with Crippen LogP contribution in [0.4, 0.5) is 10.5 Å². The Bertz CT molecular complexity index is 807. The predicted molar refractivity (Wildman–Crippen MR) is 92.7 cm³/mol. The van der Waals surface area contributed by atoms with E-state index in [0.717, 1.165) is 27.0 Å². The van der Waals surface area contributed by atoms with Gasteiger partial charge in [0.05, 0.1) is 6.04 Å². The Morgan fingerprint density at radius 2 is 2.09 bits per heavy atom. The Labute approximate surface area is 143 Å². The number of benzene rings is 2. The molecule has 0 aliphatic carbocycles. The number of nitrogens with one attached hydrogen (secondary N) is 1. The third-order valence-corrected chi connectivity index (χ3v) is 5.47. The number of rotatable bonds is 1. The number of para-hydroxylation sites is 1. The number of urea groups is 1. The monoisotopic (exact) mass is 372 g/mol. The zero-order valence-electron chi connectivity index (χ0n) is 13.0. The standard InChI is InChI=1S/C18H17BrN2O2/c1-11-9-12(7-8-14(11)19)21-17(22)20-15-10-18(21,2)23-16-6-4-3-5-13(15)16/h3-9,15H,10H2,1-2H3,(H,20,22)/t15-,18+/m0/s1. The molecule has 0 unspecified atom stereocenters. The van der Waals surface area contributed by atoms with Gasteiger partial charge < -0.3 is 10.1 Å². The van der Waals surface area contributed by atoms with Crippen molar-refractivity contribution in [2.75, 3.05) is 4.90 Å². The number of hydrogen-bond donors (Lipinski definition) is 1. The number of anilines is 1. The molecule has 2 aliphatic rings. The molecule has 0 spiro atoms. The van der Waals surface area contributed by atoms with Crippen molar-refractivity contribution in [3.05, 3.63) is 58.1 Å². The van der Waals surface area contributed by atoms with Crippen molar-refractivity contribution >= 4 is 27.6 Å². The molecule has 2 atom stereocenters. The van der Waals surface area contributed by atoms with Crippen molar-refractivity contribution in [3.63, 3.8) is 0 Å². The highest BCUT2D eigenvalue weighted by molar-refractivity contribution is 9.10. The SMILES string of the molecule is Cc1cc(N2C(=O)N[C@H]3C[C@@]2(C)Oc2ccccc23)ccc1Br. The number of aryl methyl sites for hydroxylation is 1. The Balaban J connectivity index is 1.81. The zero-order valence-corrected chi connectivity index (χ0v) is 14.6. The molecule has 4 rings (SSSR count). The van der Waals surface area contributed by atoms with Crippen LogP contribution in [0.15, 0.2) is 46.9 Å². The molecule has 5 heteroatoms. The molecule has 1 saturated heterocycles. The summed E-state index contributed by atoms with van der Waals surface area (Å²) in [5, 5.41) is 3.11. The summed E-state index contributed by atoms with van der Waals surface area (Å²) >= 11 is 3.51. The molecule has 2 aromatic rings. The van der Waals surface area contributed by atoms with E-state index in [9.17, 15) is 4.79 Å². The average Bonchev–Trinajstić information content (AvgIpc) is 2.50. The summed E-state index contributed by atoms with van der Waals surface area (Å²) in [5.41, 5.74) is 2.27. The van der Waals surface area contributed by atoms with Crippen molar-refractivity contribution in [2.45, 2.75) is 32.0 Å². The van der Waals surface area contributed by atoms with Crippen LogP contribution in [0.5, 0.6) is 5.75 Å². The highest BCUT2D eigenvalue weighted by Crippen LogP contribution is 2.45. The Morgan fingerprint density at radius 3 is 2.87 bits per heavy atom. The van der Waals surface area contributed by atoms with Gasteiger partial charge >= 0.3 is 6.03 Å². The van der Waals surface area contributed by atoms with Crippen LogP contribution in [-0.4, -0.2) is 11.8 Å². The maximum Gasteiger partial charge on any atom is 0.325 e. The summed E-state index contributed by atoms with van der Waals surface area (Å²) in [6.45, 7) is 3.99. The van der Waals surface area contributed by atoms with Crippen molar-refractivity contribution in [3.8, 4) is 5.75 Å². The van der Waals surface area contributed by atoms with E-state index >= 15 is 0 Å². The van der Waals surface area contributed by atoms with E-state index in [4.69, 9.17) is 4.74 Å². The quantitative estimate of drug-likeness (QED) is 0.798. The molecule has 0 radical (unpaired) electrons. The second kappa shape index (κ2) is 4.99. The van der Waals surface area contributed by atoms with Gasteiger partial charge in [-0.2, -0.15) is 0 Å². The van der Waals surface area contributed by atoms with Crippen molar-refractivity contribution in [1.82, 2.24) is 5.32 Å². The summed E-state index contributed by atoms with van der Waals surface area (Å²) < 4.78 is 7.28. The lowest BCUT2D eigenvalue weighted by molar-refractivity contribution is 0.0379. The first-order valence-corrected chi connectivity index (χ1v) is 8.42. The van der Waals surface area contributed by atoms with E-state index in [1.807, 2.05) is 56.3 Å². The van der Waals surface area contributed by atoms with Gasteiger partial charge in [-0.25, -0.2) is 4.79 Å². The van der Waals surface area contributed by atoms with E-state index in [1.165, 1.54) is 0 Å². The number of carbonyl (C=O) groups is 1. The maximum atomic E-state index is 12.7. The van der Waals surface area contributed by atoms with Crippen LogP contribution in [0.3, 0.4) is 0 Å². The first-order valence-electron chi connectivity index (χ1n) is 7.63. The molecule has 2 heterocycles. The third kappa shape index (κ3) is 2.22. The van der Waals surface area contributed by atoms with E-state index in [0.29, 0.717) is 6.42 Å². The molecule has 2 bridgehead atoms. The van der Waals surface area contributed by atoms with Crippen LogP contribution in [-0.2, 0) is 0 Å². The molecule has 118 valence electrons. The highest BCUT2D eigenvalue weighted by Gasteiger charge is 2.49. The summed E-state index contributed by atoms with van der Waals surface area (Å²) in [5.74, 6) is 0.838. The number of hydrogen-bond acceptors (Lipinski definition) is 2. The van der Waals surface area contributed by atoms with E-state index in [1.54, 1.807) is 4.90 Å². The molecule has 0 saturated carbocycles. The lowest BCUT2D eigenvalue weighted by Gasteiger charge is -2.50. The third-order valence-electron chi connectivity index (χ3n) is 4.58. The number of halogens is 1. The fourth-order valence-corrected chi connectivity index (χ4v) is 3.73. The minimum absolute atomic E-state index is 0.00903. The average molecular weight is 373 g/mol. The summed E-state index contributed by atoms with van der Waals surface area (Å²) in [6, 6.07) is 13.7. The fourth-order valence-electron chi connectivity index (χ4n) is 3.48. The van der Waals surface area contributed by atoms with Gasteiger partial charge in [0.2, 0.25) is 0 Å². The molecule has 2 aliphatic heterocycles. The summed E-state index contributed by atoms with van der Waals surface area (Å²) in [6.07, 6.45) is 0.713. The number of nitrogens with zero attached hydrogens (tertiary/aromatic N) is 1. The number of carbonyl (C=O) groups excluding carboxylic acids is 1. The van der Waals surface area contributed by atoms with Gasteiger partial charge in [0.1, 0.15) is 5.75 Å². The van der Waals surface area contributed by atoms with Crippen LogP contribution in [0.1, 0.15) is 30.5 Å². The van der Waals surface area contributed by atoms with Crippen LogP contribution in [0.25, 0.3) is 0 Å². The van der Waals surface area contributed by atoms with E-state index in [-0.39, 0.29) is 12.1 Å². The maximum absolute atomic E-state index is 12.7. The normalized spacial score (nSPS) is 25.4. The fraction of sp³-hybridized carbons (Fsp3) is 0.278. The molecule has 4 nitrogen and oxygen atoms in total. The minimum atomic E-state index is -0.693. The first kappa shape index (κ1) is 14.6. The summed E-state index contributed by atoms with van der Waals surface area (Å²) in [7, 11) is 0. The molecule has 1 N–H and O–H groups in total. The predicted octanol–water partition coefficient (Wildman–Crippen LogP) is 4.53. The zero-order chi connectivity index (χ0) is 16.2. The Morgan fingerprint density at radius 1 is 1.30 bits per heavy atom. The van der Waals surface area contributed by atoms with Gasteiger partial charge in [0, 0.05) is 22.1 Å². The van der Waals surface area contributed by atoms with E-state index in [2.05, 4.69) is 21.2 Å². The van der Waals surface area contributed by atoms with Crippen molar-refractivity contribution in [2.24, 2.45) is 0 Å². The van der Waals surface area contributed by atoms with Gasteiger partial charge in [-0.1, -0.05) is 34.1 Å². The van der Waals surface area contributed by atoms with Crippen LogP contribution >= 0.6 is 15.9 Å². The first-order chi connectivity index (χ1) is 11.0. The molecule has 2 aromatic carbocycles. The van der Waals surface area contributed by atoms with Gasteiger partial charge in [-0.3, -0.25) is 4.90 Å². The molecule has 1 fully saturated rings. The highest BCUT2D eigenvalue weighted by atomic mass is 79.9. The Kier molecular flexibility index (Phi) is 3.17. The van der Waals surface area contributed by atoms with Crippen LogP contribution in [0.2, 0.25) is 0 Å². The number of amides is 2. The Hall–Kier alpha value is -2.01. The molecule has 23 heavy (non-hydrogen) atoms. The number of ether oxygens (including phenoxy) is 1. The minimum Gasteiger partial charge on any atom is -0.467 e. The second-order valence-corrected chi connectivity index (χ2v) is 7.14. The van der Waals surface area contributed by atoms with Crippen LogP contribution < -0.4 is 15.0 Å². The lowest BCUT2D eigenvalue weighted by atomic mass is 9.90. The molecular formula is C18H17BrN2O2. The van der Waals surface area contributed by atoms with Gasteiger partial charge in [-0.15, -0.1) is 0 Å². The molecular weight excluding hydrogens is 356 g/mol. The number of fused-ring (bicyclic) bond motifs is 4. The molecule has 0 aromatic heterocycles. The van der Waals surface area contributed by atoms with Crippen molar-refractivity contribution in [1.29, 1.82) is 0 Å². The van der Waals surface area contributed by atoms with E-state index < -0.39 is 5.72 Å². The van der Waals surface area contributed by atoms with Gasteiger partial charge in [0.25, 0.3) is 0 Å². The topological polar surface area (TPSA) is 41.6 Å². The van der Waals surface area contributed by atoms with Crippen LogP contribution in [0, 0.1) is 6.92 Å². The molecule has 2 amide bonds. The smallest absolute Gasteiger partial charge is 0.325 e. The van der Waals surface area contributed by atoms with Gasteiger partial charge in [-0.05, 0) is 43.7 Å².